The van der Waals surface area contributed by atoms with Crippen LogP contribution in [0, 0.1) is 6.92 Å². The van der Waals surface area contributed by atoms with Crippen LogP contribution in [0.3, 0.4) is 0 Å². The van der Waals surface area contributed by atoms with E-state index in [2.05, 4.69) is 17.5 Å². The Morgan fingerprint density at radius 1 is 1.28 bits per heavy atom. The molecule has 0 fully saturated rings. The number of aliphatic hydroxyl groups is 1. The Labute approximate surface area is 108 Å². The molecule has 18 heavy (non-hydrogen) atoms. The van der Waals surface area contributed by atoms with E-state index in [1.54, 1.807) is 0 Å². The van der Waals surface area contributed by atoms with Crippen molar-refractivity contribution < 1.29 is 9.84 Å². The zero-order chi connectivity index (χ0) is 12.8. The van der Waals surface area contributed by atoms with Crippen LogP contribution in [0.25, 0.3) is 0 Å². The molecule has 0 spiro atoms. The molecule has 0 saturated heterocycles. The number of rotatable bonds is 6. The molecular weight excluding hydrogens is 226 g/mol. The Balaban J connectivity index is 1.64. The van der Waals surface area contributed by atoms with Gasteiger partial charge in [-0.25, -0.2) is 0 Å². The summed E-state index contributed by atoms with van der Waals surface area (Å²) >= 11 is 0. The first-order chi connectivity index (χ1) is 8.74. The third kappa shape index (κ3) is 4.17. The number of ether oxygens (including phenoxy) is 1. The van der Waals surface area contributed by atoms with E-state index in [0.717, 1.165) is 18.6 Å². The highest BCUT2D eigenvalue weighted by Crippen LogP contribution is 2.12. The van der Waals surface area contributed by atoms with Crippen molar-refractivity contribution in [3.8, 4) is 5.75 Å². The molecule has 1 aromatic carbocycles. The minimum Gasteiger partial charge on any atom is -0.491 e. The average molecular weight is 247 g/mol. The minimum atomic E-state index is -0.466. The van der Waals surface area contributed by atoms with E-state index >= 15 is 0 Å². The summed E-state index contributed by atoms with van der Waals surface area (Å²) in [4.78, 5) is 0. The quantitative estimate of drug-likeness (QED) is 0.756. The van der Waals surface area contributed by atoms with Crippen molar-refractivity contribution in [2.24, 2.45) is 0 Å². The van der Waals surface area contributed by atoms with Crippen LogP contribution in [0.1, 0.15) is 18.4 Å². The number of aliphatic hydroxyl groups excluding tert-OH is 1. The van der Waals surface area contributed by atoms with Gasteiger partial charge in [0.05, 0.1) is 0 Å². The molecule has 0 aromatic heterocycles. The van der Waals surface area contributed by atoms with E-state index in [4.69, 9.17) is 4.74 Å². The van der Waals surface area contributed by atoms with Crippen LogP contribution in [0.2, 0.25) is 0 Å². The Morgan fingerprint density at radius 2 is 1.94 bits per heavy atom. The third-order valence-electron chi connectivity index (χ3n) is 3.11. The standard InChI is InChI=1S/C15H21NO2/c1-12-6-8-15(9-7-12)18-11-14(17)10-16-13-4-2-3-5-13/h2-3,6-9,13-14,16-17H,4-5,10-11H2,1H3. The van der Waals surface area contributed by atoms with Gasteiger partial charge in [-0.3, -0.25) is 0 Å². The maximum atomic E-state index is 9.82. The van der Waals surface area contributed by atoms with Gasteiger partial charge in [0.15, 0.2) is 0 Å². The summed E-state index contributed by atoms with van der Waals surface area (Å²) in [6.07, 6.45) is 6.00. The van der Waals surface area contributed by atoms with Crippen molar-refractivity contribution in [3.05, 3.63) is 42.0 Å². The van der Waals surface area contributed by atoms with Crippen LogP contribution in [-0.4, -0.2) is 30.4 Å². The lowest BCUT2D eigenvalue weighted by Crippen LogP contribution is -2.36. The Morgan fingerprint density at radius 3 is 2.61 bits per heavy atom. The summed E-state index contributed by atoms with van der Waals surface area (Å²) in [5, 5.41) is 13.2. The molecule has 0 heterocycles. The number of aryl methyl sites for hydroxylation is 1. The van der Waals surface area contributed by atoms with Gasteiger partial charge in [-0.05, 0) is 31.9 Å². The van der Waals surface area contributed by atoms with Crippen molar-refractivity contribution in [1.29, 1.82) is 0 Å². The second-order valence-corrected chi connectivity index (χ2v) is 4.83. The largest absolute Gasteiger partial charge is 0.491 e. The molecule has 1 atom stereocenters. The molecule has 1 unspecified atom stereocenters. The minimum absolute atomic E-state index is 0.330. The number of benzene rings is 1. The van der Waals surface area contributed by atoms with Gasteiger partial charge in [-0.2, -0.15) is 0 Å². The van der Waals surface area contributed by atoms with Crippen molar-refractivity contribution >= 4 is 0 Å². The molecule has 0 radical (unpaired) electrons. The van der Waals surface area contributed by atoms with Crippen LogP contribution in [-0.2, 0) is 0 Å². The normalized spacial score (nSPS) is 17.0. The molecule has 3 nitrogen and oxygen atoms in total. The van der Waals surface area contributed by atoms with Gasteiger partial charge in [0.2, 0.25) is 0 Å². The predicted molar refractivity (Wildman–Crippen MR) is 72.8 cm³/mol. The highest BCUT2D eigenvalue weighted by Gasteiger charge is 2.12. The summed E-state index contributed by atoms with van der Waals surface area (Å²) in [5.41, 5.74) is 1.21. The van der Waals surface area contributed by atoms with E-state index in [0.29, 0.717) is 19.2 Å². The topological polar surface area (TPSA) is 41.5 Å². The van der Waals surface area contributed by atoms with E-state index in [9.17, 15) is 5.11 Å². The summed E-state index contributed by atoms with van der Waals surface area (Å²) < 4.78 is 5.53. The van der Waals surface area contributed by atoms with Crippen LogP contribution < -0.4 is 10.1 Å². The maximum Gasteiger partial charge on any atom is 0.119 e. The predicted octanol–water partition coefficient (Wildman–Crippen LogP) is 2.04. The summed E-state index contributed by atoms with van der Waals surface area (Å²) in [6, 6.07) is 8.35. The zero-order valence-corrected chi connectivity index (χ0v) is 10.8. The first-order valence-electron chi connectivity index (χ1n) is 6.50. The van der Waals surface area contributed by atoms with Crippen molar-refractivity contribution in [3.63, 3.8) is 0 Å². The molecule has 98 valence electrons. The monoisotopic (exact) mass is 247 g/mol. The molecule has 0 bridgehead atoms. The SMILES string of the molecule is Cc1ccc(OCC(O)CNC2CC=CC2)cc1. The first-order valence-corrected chi connectivity index (χ1v) is 6.50. The molecule has 1 aromatic rings. The van der Waals surface area contributed by atoms with E-state index in [-0.39, 0.29) is 0 Å². The highest BCUT2D eigenvalue weighted by molar-refractivity contribution is 5.26. The average Bonchev–Trinajstić information content (AvgIpc) is 2.89. The first kappa shape index (κ1) is 13.1. The van der Waals surface area contributed by atoms with Gasteiger partial charge >= 0.3 is 0 Å². The highest BCUT2D eigenvalue weighted by atomic mass is 16.5. The van der Waals surface area contributed by atoms with Crippen molar-refractivity contribution in [2.75, 3.05) is 13.2 Å². The van der Waals surface area contributed by atoms with E-state index in [1.807, 2.05) is 31.2 Å². The molecule has 2 N–H and O–H groups in total. The smallest absolute Gasteiger partial charge is 0.119 e. The van der Waals surface area contributed by atoms with Gasteiger partial charge in [0, 0.05) is 12.6 Å². The fraction of sp³-hybridized carbons (Fsp3) is 0.467. The van der Waals surface area contributed by atoms with Crippen LogP contribution >= 0.6 is 0 Å². The lowest BCUT2D eigenvalue weighted by atomic mass is 10.2. The lowest BCUT2D eigenvalue weighted by Gasteiger charge is -2.16. The maximum absolute atomic E-state index is 9.82. The summed E-state index contributed by atoms with van der Waals surface area (Å²) in [6.45, 7) is 2.95. The van der Waals surface area contributed by atoms with Crippen molar-refractivity contribution in [2.45, 2.75) is 31.9 Å². The van der Waals surface area contributed by atoms with Gasteiger partial charge in [0.25, 0.3) is 0 Å². The van der Waals surface area contributed by atoms with Gasteiger partial charge in [-0.15, -0.1) is 0 Å². The van der Waals surface area contributed by atoms with Crippen LogP contribution in [0.4, 0.5) is 0 Å². The molecule has 0 saturated carbocycles. The number of nitrogens with one attached hydrogen (secondary N) is 1. The molecule has 0 aliphatic heterocycles. The summed E-state index contributed by atoms with van der Waals surface area (Å²) in [7, 11) is 0. The molecule has 1 aliphatic carbocycles. The zero-order valence-electron chi connectivity index (χ0n) is 10.8. The Kier molecular flexibility index (Phi) is 4.79. The van der Waals surface area contributed by atoms with Gasteiger partial charge in [0.1, 0.15) is 18.5 Å². The molecule has 3 heteroatoms. The Hall–Kier alpha value is -1.32. The Bertz CT molecular complexity index is 378. The van der Waals surface area contributed by atoms with Crippen LogP contribution in [0.5, 0.6) is 5.75 Å². The van der Waals surface area contributed by atoms with Crippen LogP contribution in [0.15, 0.2) is 36.4 Å². The molecule has 0 amide bonds. The van der Waals surface area contributed by atoms with Crippen molar-refractivity contribution in [1.82, 2.24) is 5.32 Å². The second kappa shape index (κ2) is 6.57. The van der Waals surface area contributed by atoms with E-state index < -0.39 is 6.10 Å². The van der Waals surface area contributed by atoms with E-state index in [1.165, 1.54) is 5.56 Å². The second-order valence-electron chi connectivity index (χ2n) is 4.83. The summed E-state index contributed by atoms with van der Waals surface area (Å²) in [5.74, 6) is 0.808. The lowest BCUT2D eigenvalue weighted by molar-refractivity contribution is 0.104. The number of hydrogen-bond donors (Lipinski definition) is 2. The third-order valence-corrected chi connectivity index (χ3v) is 3.11. The fourth-order valence-corrected chi connectivity index (χ4v) is 1.97. The molecule has 1 aliphatic rings. The van der Waals surface area contributed by atoms with Gasteiger partial charge < -0.3 is 15.2 Å². The van der Waals surface area contributed by atoms with Gasteiger partial charge in [-0.1, -0.05) is 29.8 Å². The molecular formula is C15H21NO2. The number of hydrogen-bond acceptors (Lipinski definition) is 3. The fourth-order valence-electron chi connectivity index (χ4n) is 1.97. The molecule has 2 rings (SSSR count).